The molecule has 8 nitrogen and oxygen atoms in total. The molecule has 1 amide bonds. The number of nitrogens with one attached hydrogen (secondary N) is 1. The van der Waals surface area contributed by atoms with Gasteiger partial charge >= 0.3 is 0 Å². The zero-order valence-corrected chi connectivity index (χ0v) is 14.5. The number of hydrogen-bond donors (Lipinski definition) is 1. The van der Waals surface area contributed by atoms with E-state index in [1.807, 2.05) is 42.5 Å². The number of para-hydroxylation sites is 1. The smallest absolute Gasteiger partial charge is 0.280 e. The quantitative estimate of drug-likeness (QED) is 0.591. The summed E-state index contributed by atoms with van der Waals surface area (Å²) in [6.45, 7) is 0. The Labute approximate surface area is 155 Å². The molecule has 2 heterocycles. The van der Waals surface area contributed by atoms with Gasteiger partial charge in [0.05, 0.1) is 24.7 Å². The van der Waals surface area contributed by atoms with Gasteiger partial charge in [0.1, 0.15) is 12.7 Å². The molecule has 4 aromatic rings. The van der Waals surface area contributed by atoms with Crippen molar-refractivity contribution in [3.8, 4) is 17.1 Å². The third-order valence-electron chi connectivity index (χ3n) is 3.94. The van der Waals surface area contributed by atoms with E-state index < -0.39 is 0 Å². The second-order valence-corrected chi connectivity index (χ2v) is 5.67. The van der Waals surface area contributed by atoms with Gasteiger partial charge in [-0.05, 0) is 36.4 Å². The van der Waals surface area contributed by atoms with E-state index in [0.717, 1.165) is 11.4 Å². The maximum Gasteiger partial charge on any atom is 0.280 e. The average Bonchev–Trinajstić information content (AvgIpc) is 3.39. The van der Waals surface area contributed by atoms with Gasteiger partial charge in [-0.15, -0.1) is 0 Å². The van der Waals surface area contributed by atoms with Gasteiger partial charge in [0.2, 0.25) is 0 Å². The molecule has 8 heteroatoms. The van der Waals surface area contributed by atoms with E-state index in [0.29, 0.717) is 11.4 Å². The molecule has 0 unspecified atom stereocenters. The molecule has 0 saturated heterocycles. The van der Waals surface area contributed by atoms with Gasteiger partial charge in [-0.3, -0.25) is 4.79 Å². The first-order chi connectivity index (χ1) is 13.2. The van der Waals surface area contributed by atoms with E-state index in [4.69, 9.17) is 4.74 Å². The molecular weight excluding hydrogens is 344 g/mol. The molecule has 0 aliphatic carbocycles. The minimum Gasteiger partial charge on any atom is -0.493 e. The molecule has 0 bridgehead atoms. The van der Waals surface area contributed by atoms with Gasteiger partial charge in [0.15, 0.2) is 11.4 Å². The molecule has 1 N–H and O–H groups in total. The van der Waals surface area contributed by atoms with Crippen molar-refractivity contribution in [2.24, 2.45) is 0 Å². The molecule has 2 aromatic heterocycles. The zero-order chi connectivity index (χ0) is 18.6. The van der Waals surface area contributed by atoms with Crippen molar-refractivity contribution in [1.82, 2.24) is 24.5 Å². The SMILES string of the molecule is COc1cn(-c2ccccc2)nc1C(=O)Nc1ccc(-n2cncn2)cc1. The fourth-order valence-corrected chi connectivity index (χ4v) is 2.61. The van der Waals surface area contributed by atoms with Gasteiger partial charge in [-0.1, -0.05) is 18.2 Å². The van der Waals surface area contributed by atoms with Crippen LogP contribution < -0.4 is 10.1 Å². The summed E-state index contributed by atoms with van der Waals surface area (Å²) in [7, 11) is 1.51. The lowest BCUT2D eigenvalue weighted by atomic mass is 10.2. The summed E-state index contributed by atoms with van der Waals surface area (Å²) >= 11 is 0. The van der Waals surface area contributed by atoms with Crippen LogP contribution in [0.2, 0.25) is 0 Å². The molecular formula is C19H16N6O2. The molecule has 0 aliphatic rings. The first-order valence-electron chi connectivity index (χ1n) is 8.20. The van der Waals surface area contributed by atoms with Crippen molar-refractivity contribution in [3.05, 3.63) is 79.1 Å². The normalized spacial score (nSPS) is 10.6. The van der Waals surface area contributed by atoms with Crippen molar-refractivity contribution >= 4 is 11.6 Å². The van der Waals surface area contributed by atoms with Crippen LogP contribution in [0, 0.1) is 0 Å². The van der Waals surface area contributed by atoms with Crippen molar-refractivity contribution in [1.29, 1.82) is 0 Å². The van der Waals surface area contributed by atoms with Gasteiger partial charge in [-0.2, -0.15) is 10.2 Å². The number of nitrogens with zero attached hydrogens (tertiary/aromatic N) is 5. The Bertz CT molecular complexity index is 1040. The van der Waals surface area contributed by atoms with Crippen molar-refractivity contribution in [3.63, 3.8) is 0 Å². The van der Waals surface area contributed by atoms with Gasteiger partial charge in [0, 0.05) is 5.69 Å². The third-order valence-corrected chi connectivity index (χ3v) is 3.94. The van der Waals surface area contributed by atoms with Crippen LogP contribution in [-0.4, -0.2) is 37.6 Å². The largest absolute Gasteiger partial charge is 0.493 e. The van der Waals surface area contributed by atoms with Crippen LogP contribution in [0.25, 0.3) is 11.4 Å². The van der Waals surface area contributed by atoms with E-state index in [9.17, 15) is 4.79 Å². The lowest BCUT2D eigenvalue weighted by Crippen LogP contribution is -2.14. The predicted molar refractivity (Wildman–Crippen MR) is 99.4 cm³/mol. The Hall–Kier alpha value is -3.94. The van der Waals surface area contributed by atoms with E-state index >= 15 is 0 Å². The fraction of sp³-hybridized carbons (Fsp3) is 0.0526. The highest BCUT2D eigenvalue weighted by Gasteiger charge is 2.18. The molecule has 0 atom stereocenters. The van der Waals surface area contributed by atoms with Crippen molar-refractivity contribution in [2.75, 3.05) is 12.4 Å². The number of carbonyl (C=O) groups excluding carboxylic acids is 1. The van der Waals surface area contributed by atoms with E-state index in [2.05, 4.69) is 20.5 Å². The van der Waals surface area contributed by atoms with Crippen LogP contribution in [-0.2, 0) is 0 Å². The van der Waals surface area contributed by atoms with E-state index in [1.54, 1.807) is 34.0 Å². The van der Waals surface area contributed by atoms with Crippen LogP contribution in [0.1, 0.15) is 10.5 Å². The number of methoxy groups -OCH3 is 1. The van der Waals surface area contributed by atoms with Crippen LogP contribution >= 0.6 is 0 Å². The highest BCUT2D eigenvalue weighted by molar-refractivity contribution is 6.04. The Morgan fingerprint density at radius 1 is 1.00 bits per heavy atom. The molecule has 2 aromatic carbocycles. The Balaban J connectivity index is 1.55. The molecule has 4 rings (SSSR count). The standard InChI is InChI=1S/C19H16N6O2/c1-27-17-11-24(15-5-3-2-4-6-15)23-18(17)19(26)22-14-7-9-16(10-8-14)25-13-20-12-21-25/h2-13H,1H3,(H,22,26). The number of anilines is 1. The van der Waals surface area contributed by atoms with Gasteiger partial charge < -0.3 is 10.1 Å². The monoisotopic (exact) mass is 360 g/mol. The van der Waals surface area contributed by atoms with Gasteiger partial charge in [0.25, 0.3) is 5.91 Å². The van der Waals surface area contributed by atoms with Gasteiger partial charge in [-0.25, -0.2) is 14.3 Å². The Morgan fingerprint density at radius 3 is 2.41 bits per heavy atom. The topological polar surface area (TPSA) is 86.9 Å². The summed E-state index contributed by atoms with van der Waals surface area (Å²) in [5.41, 5.74) is 2.53. The Kier molecular flexibility index (Phi) is 4.36. The molecule has 0 saturated carbocycles. The third kappa shape index (κ3) is 3.40. The lowest BCUT2D eigenvalue weighted by molar-refractivity contribution is 0.101. The minimum atomic E-state index is -0.352. The number of amides is 1. The lowest BCUT2D eigenvalue weighted by Gasteiger charge is -2.06. The second kappa shape index (κ2) is 7.12. The number of hydrogen-bond acceptors (Lipinski definition) is 5. The summed E-state index contributed by atoms with van der Waals surface area (Å²) in [4.78, 5) is 16.6. The maximum absolute atomic E-state index is 12.7. The second-order valence-electron chi connectivity index (χ2n) is 5.67. The number of rotatable bonds is 5. The molecule has 134 valence electrons. The number of ether oxygens (including phenoxy) is 1. The summed E-state index contributed by atoms with van der Waals surface area (Å²) < 4.78 is 8.56. The molecule has 0 aliphatic heterocycles. The highest BCUT2D eigenvalue weighted by atomic mass is 16.5. The summed E-state index contributed by atoms with van der Waals surface area (Å²) in [5.74, 6) is 0.0469. The Morgan fingerprint density at radius 2 is 1.74 bits per heavy atom. The highest BCUT2D eigenvalue weighted by Crippen LogP contribution is 2.21. The first-order valence-corrected chi connectivity index (χ1v) is 8.20. The molecule has 0 radical (unpaired) electrons. The molecule has 0 spiro atoms. The zero-order valence-electron chi connectivity index (χ0n) is 14.5. The molecule has 27 heavy (non-hydrogen) atoms. The van der Waals surface area contributed by atoms with Crippen molar-refractivity contribution < 1.29 is 9.53 Å². The summed E-state index contributed by atoms with van der Waals surface area (Å²) in [6.07, 6.45) is 4.75. The maximum atomic E-state index is 12.7. The minimum absolute atomic E-state index is 0.210. The van der Waals surface area contributed by atoms with E-state index in [1.165, 1.54) is 13.4 Å². The van der Waals surface area contributed by atoms with Crippen LogP contribution in [0.4, 0.5) is 5.69 Å². The average molecular weight is 360 g/mol. The van der Waals surface area contributed by atoms with E-state index in [-0.39, 0.29) is 11.6 Å². The van der Waals surface area contributed by atoms with Crippen LogP contribution in [0.3, 0.4) is 0 Å². The summed E-state index contributed by atoms with van der Waals surface area (Å²) in [6, 6.07) is 16.8. The number of aromatic nitrogens is 5. The predicted octanol–water partition coefficient (Wildman–Crippen LogP) is 2.71. The summed E-state index contributed by atoms with van der Waals surface area (Å²) in [5, 5.41) is 11.3. The van der Waals surface area contributed by atoms with Crippen LogP contribution in [0.5, 0.6) is 5.75 Å². The van der Waals surface area contributed by atoms with Crippen molar-refractivity contribution in [2.45, 2.75) is 0 Å². The van der Waals surface area contributed by atoms with Crippen LogP contribution in [0.15, 0.2) is 73.4 Å². The fourth-order valence-electron chi connectivity index (χ4n) is 2.61. The number of carbonyl (C=O) groups is 1. The first kappa shape index (κ1) is 16.5. The molecule has 0 fully saturated rings. The number of benzene rings is 2.